The van der Waals surface area contributed by atoms with Gasteiger partial charge in [-0.25, -0.2) is 14.0 Å². The Morgan fingerprint density at radius 2 is 1.66 bits per heavy atom. The van der Waals surface area contributed by atoms with Crippen molar-refractivity contribution < 1.29 is 41.7 Å². The van der Waals surface area contributed by atoms with Gasteiger partial charge in [-0.15, -0.1) is 0 Å². The molecule has 3 N–H and O–H groups in total. The van der Waals surface area contributed by atoms with E-state index in [0.717, 1.165) is 56.8 Å². The molecule has 44 heavy (non-hydrogen) atoms. The van der Waals surface area contributed by atoms with Crippen LogP contribution in [0.25, 0.3) is 0 Å². The van der Waals surface area contributed by atoms with Gasteiger partial charge in [0.2, 0.25) is 0 Å². The van der Waals surface area contributed by atoms with E-state index in [0.29, 0.717) is 17.8 Å². The molecular weight excluding hydrogens is 584 g/mol. The molecule has 0 spiro atoms. The molecule has 9 nitrogen and oxygen atoms in total. The number of hydrogen-bond donors (Lipinski definition) is 3. The smallest absolute Gasteiger partial charge is 0.490 e. The Morgan fingerprint density at radius 1 is 0.977 bits per heavy atom. The average Bonchev–Trinajstić information content (AvgIpc) is 3.37. The maximum atomic E-state index is 13.6. The topological polar surface area (TPSA) is 103 Å². The van der Waals surface area contributed by atoms with Crippen LogP contribution in [-0.2, 0) is 10.2 Å². The van der Waals surface area contributed by atoms with E-state index in [1.54, 1.807) is 26.4 Å². The number of amides is 2. The van der Waals surface area contributed by atoms with E-state index < -0.39 is 12.1 Å². The molecule has 2 aliphatic heterocycles. The molecule has 13 heteroatoms. The van der Waals surface area contributed by atoms with Crippen LogP contribution in [-0.4, -0.2) is 92.1 Å². The normalized spacial score (nSPS) is 24.4. The second kappa shape index (κ2) is 14.0. The molecule has 3 fully saturated rings. The lowest BCUT2D eigenvalue weighted by molar-refractivity contribution is -0.192. The van der Waals surface area contributed by atoms with Crippen LogP contribution in [0.15, 0.2) is 42.5 Å². The lowest BCUT2D eigenvalue weighted by atomic mass is 9.65. The van der Waals surface area contributed by atoms with Crippen LogP contribution in [0.3, 0.4) is 0 Å². The van der Waals surface area contributed by atoms with Gasteiger partial charge < -0.3 is 30.1 Å². The Hall–Kier alpha value is -3.58. The Balaban J connectivity index is 0.000000566. The number of nitrogens with one attached hydrogen (secondary N) is 2. The summed E-state index contributed by atoms with van der Waals surface area (Å²) in [6.45, 7) is 3.31. The molecule has 1 aliphatic carbocycles. The summed E-state index contributed by atoms with van der Waals surface area (Å²) in [6, 6.07) is 13.1. The summed E-state index contributed by atoms with van der Waals surface area (Å²) in [4.78, 5) is 26.9. The third-order valence-electron chi connectivity index (χ3n) is 9.08. The summed E-state index contributed by atoms with van der Waals surface area (Å²) in [5, 5.41) is 13.1. The molecule has 1 saturated carbocycles. The third-order valence-corrected chi connectivity index (χ3v) is 9.08. The number of anilines is 1. The second-order valence-electron chi connectivity index (χ2n) is 11.6. The van der Waals surface area contributed by atoms with Crippen LogP contribution in [0.2, 0.25) is 0 Å². The van der Waals surface area contributed by atoms with Gasteiger partial charge >= 0.3 is 18.2 Å². The Labute approximate surface area is 254 Å². The first-order valence-corrected chi connectivity index (χ1v) is 14.7. The van der Waals surface area contributed by atoms with Gasteiger partial charge in [0.05, 0.1) is 14.2 Å². The number of benzene rings is 2. The number of methoxy groups -OCH3 is 2. The first kappa shape index (κ1) is 33.3. The van der Waals surface area contributed by atoms with Crippen LogP contribution >= 0.6 is 0 Å². The van der Waals surface area contributed by atoms with Gasteiger partial charge in [0.1, 0.15) is 5.82 Å². The molecular formula is C31H40F4N4O5. The number of carbonyl (C=O) groups is 2. The minimum atomic E-state index is -5.08. The summed E-state index contributed by atoms with van der Waals surface area (Å²) in [7, 11) is 5.56. The minimum Gasteiger partial charge on any atom is -0.493 e. The fourth-order valence-corrected chi connectivity index (χ4v) is 6.88. The van der Waals surface area contributed by atoms with Gasteiger partial charge in [0.25, 0.3) is 0 Å². The van der Waals surface area contributed by atoms with E-state index in [2.05, 4.69) is 39.6 Å². The molecule has 2 aromatic rings. The number of ether oxygens (including phenoxy) is 2. The van der Waals surface area contributed by atoms with Crippen molar-refractivity contribution in [3.63, 3.8) is 0 Å². The Kier molecular flexibility index (Phi) is 10.6. The van der Waals surface area contributed by atoms with Crippen molar-refractivity contribution in [2.45, 2.75) is 68.2 Å². The number of hydrogen-bond acceptors (Lipinski definition) is 6. The molecule has 3 atom stereocenters. The van der Waals surface area contributed by atoms with Gasteiger partial charge in [0, 0.05) is 29.2 Å². The monoisotopic (exact) mass is 624 g/mol. The predicted molar refractivity (Wildman–Crippen MR) is 157 cm³/mol. The van der Waals surface area contributed by atoms with Crippen LogP contribution in [0, 0.1) is 5.82 Å². The first-order valence-electron chi connectivity index (χ1n) is 14.7. The highest BCUT2D eigenvalue weighted by atomic mass is 19.4. The van der Waals surface area contributed by atoms with E-state index in [4.69, 9.17) is 19.4 Å². The average molecular weight is 625 g/mol. The molecule has 2 amide bonds. The summed E-state index contributed by atoms with van der Waals surface area (Å²) < 4.78 is 56.5. The lowest BCUT2D eigenvalue weighted by Gasteiger charge is -2.48. The fraction of sp³-hybridized carbons (Fsp3) is 0.548. The number of carboxylic acid groups (broad SMARTS) is 1. The number of nitrogens with zero attached hydrogens (tertiary/aromatic N) is 2. The van der Waals surface area contributed by atoms with Crippen LogP contribution in [0.1, 0.15) is 44.1 Å². The highest BCUT2D eigenvalue weighted by Gasteiger charge is 2.53. The van der Waals surface area contributed by atoms with Crippen molar-refractivity contribution in [2.24, 2.45) is 0 Å². The zero-order chi connectivity index (χ0) is 32.1. The van der Waals surface area contributed by atoms with E-state index in [9.17, 15) is 22.4 Å². The number of aliphatic carboxylic acids is 1. The summed E-state index contributed by atoms with van der Waals surface area (Å²) in [5.74, 6) is -1.61. The summed E-state index contributed by atoms with van der Waals surface area (Å²) >= 11 is 0. The van der Waals surface area contributed by atoms with Crippen molar-refractivity contribution in [3.8, 4) is 11.5 Å². The van der Waals surface area contributed by atoms with E-state index in [-0.39, 0.29) is 23.3 Å². The molecule has 2 heterocycles. The quantitative estimate of drug-likeness (QED) is 0.377. The summed E-state index contributed by atoms with van der Waals surface area (Å²) in [5.41, 5.74) is 1.77. The Morgan fingerprint density at radius 3 is 2.27 bits per heavy atom. The van der Waals surface area contributed by atoms with Gasteiger partial charge in [-0.05, 0) is 101 Å². The number of carboxylic acids is 1. The molecule has 3 aliphatic rings. The largest absolute Gasteiger partial charge is 0.493 e. The standard InChI is InChI=1S/C29H39FN4O3.C2HF3O2/c1-33-14-10-24(11-15-33)34-16-13-29(20-7-8-25(36-2)26(17-20)37-3)12-9-23(19-27(29)34)32-28(35)31-22-6-4-5-21(30)18-22;3-2(4,5)1(6)7/h4-8,17-18,23-24,27H,9-16,19H2,1-3H3,(H2,31,32,35);(H,6,7)/t23-,27+,29+;/m1./s1. The molecule has 5 rings (SSSR count). The highest BCUT2D eigenvalue weighted by molar-refractivity contribution is 5.89. The Bertz CT molecular complexity index is 1300. The van der Waals surface area contributed by atoms with Crippen LogP contribution < -0.4 is 20.1 Å². The molecule has 0 bridgehead atoms. The molecule has 2 saturated heterocycles. The van der Waals surface area contributed by atoms with Crippen LogP contribution in [0.4, 0.5) is 28.0 Å². The summed E-state index contributed by atoms with van der Waals surface area (Å²) in [6.07, 6.45) is 1.13. The van der Waals surface area contributed by atoms with Crippen molar-refractivity contribution in [1.29, 1.82) is 0 Å². The zero-order valence-corrected chi connectivity index (χ0v) is 25.1. The maximum absolute atomic E-state index is 13.6. The van der Waals surface area contributed by atoms with E-state index >= 15 is 0 Å². The van der Waals surface area contributed by atoms with E-state index in [1.807, 2.05) is 6.07 Å². The number of fused-ring (bicyclic) bond motifs is 1. The van der Waals surface area contributed by atoms with Crippen molar-refractivity contribution in [2.75, 3.05) is 46.2 Å². The highest BCUT2D eigenvalue weighted by Crippen LogP contribution is 2.51. The number of likely N-dealkylation sites (tertiary alicyclic amines) is 2. The van der Waals surface area contributed by atoms with Gasteiger partial charge in [-0.3, -0.25) is 4.90 Å². The maximum Gasteiger partial charge on any atom is 0.490 e. The zero-order valence-electron chi connectivity index (χ0n) is 25.1. The minimum absolute atomic E-state index is 0.0140. The third kappa shape index (κ3) is 7.73. The predicted octanol–water partition coefficient (Wildman–Crippen LogP) is 5.26. The number of halogens is 4. The molecule has 0 aromatic heterocycles. The number of rotatable bonds is 6. The number of alkyl halides is 3. The molecule has 0 unspecified atom stereocenters. The second-order valence-corrected chi connectivity index (χ2v) is 11.6. The van der Waals surface area contributed by atoms with Gasteiger partial charge in [-0.2, -0.15) is 13.2 Å². The van der Waals surface area contributed by atoms with Gasteiger partial charge in [0.15, 0.2) is 11.5 Å². The van der Waals surface area contributed by atoms with Crippen molar-refractivity contribution >= 4 is 17.7 Å². The number of carbonyl (C=O) groups excluding carboxylic acids is 1. The van der Waals surface area contributed by atoms with Crippen molar-refractivity contribution in [1.82, 2.24) is 15.1 Å². The lowest BCUT2D eigenvalue weighted by Crippen LogP contribution is -2.56. The van der Waals surface area contributed by atoms with Crippen molar-refractivity contribution in [3.05, 3.63) is 53.8 Å². The first-order chi connectivity index (χ1) is 20.9. The van der Waals surface area contributed by atoms with Crippen LogP contribution in [0.5, 0.6) is 11.5 Å². The molecule has 242 valence electrons. The number of piperidine rings is 1. The molecule has 0 radical (unpaired) electrons. The molecule has 2 aromatic carbocycles. The SMILES string of the molecule is COc1ccc([C@@]23CC[C@@H](NC(=O)Nc4cccc(F)c4)C[C@@H]2N(C2CCN(C)CC2)CC3)cc1OC.O=C(O)C(F)(F)F. The number of urea groups is 1. The fourth-order valence-electron chi connectivity index (χ4n) is 6.88. The van der Waals surface area contributed by atoms with E-state index in [1.165, 1.54) is 30.5 Å². The van der Waals surface area contributed by atoms with Gasteiger partial charge in [-0.1, -0.05) is 12.1 Å².